The first-order valence-electron chi connectivity index (χ1n) is 19.4. The van der Waals surface area contributed by atoms with Crippen molar-refractivity contribution in [2.24, 2.45) is 11.3 Å². The van der Waals surface area contributed by atoms with E-state index in [1.165, 1.54) is 86.1 Å². The van der Waals surface area contributed by atoms with Crippen molar-refractivity contribution in [2.75, 3.05) is 0 Å². The van der Waals surface area contributed by atoms with Crippen molar-refractivity contribution in [3.05, 3.63) is 139 Å². The van der Waals surface area contributed by atoms with Crippen LogP contribution in [0.25, 0.3) is 53.8 Å². The molecule has 0 saturated heterocycles. The van der Waals surface area contributed by atoms with Crippen LogP contribution >= 0.6 is 11.3 Å². The van der Waals surface area contributed by atoms with Gasteiger partial charge in [-0.2, -0.15) is 11.3 Å². The Bertz CT molecular complexity index is 2300. The summed E-state index contributed by atoms with van der Waals surface area (Å²) in [7, 11) is -1.37. The predicted octanol–water partition coefficient (Wildman–Crippen LogP) is 13.4. The molecule has 0 aliphatic heterocycles. The van der Waals surface area contributed by atoms with Gasteiger partial charge in [-0.25, -0.2) is 0 Å². The molecule has 5 heteroatoms. The number of thiophene rings is 1. The molecule has 2 nitrogen and oxygen atoms in total. The van der Waals surface area contributed by atoms with Gasteiger partial charge in [0.15, 0.2) is 0 Å². The summed E-state index contributed by atoms with van der Waals surface area (Å²) in [5.74, 6) is 0.833. The summed E-state index contributed by atoms with van der Waals surface area (Å²) in [6.07, 6.45) is 13.3. The molecule has 0 unspecified atom stereocenters. The Hall–Kier alpha value is -3.73. The second kappa shape index (κ2) is 17.4. The van der Waals surface area contributed by atoms with Crippen molar-refractivity contribution >= 4 is 44.8 Å². The molecule has 1 saturated carbocycles. The van der Waals surface area contributed by atoms with E-state index >= 15 is 0 Å². The minimum absolute atomic E-state index is 0. The average molecular weight is 921 g/mol. The van der Waals surface area contributed by atoms with Crippen LogP contribution in [0.2, 0.25) is 19.6 Å². The van der Waals surface area contributed by atoms with E-state index in [2.05, 4.69) is 144 Å². The second-order valence-electron chi connectivity index (χ2n) is 17.0. The third-order valence-electron chi connectivity index (χ3n) is 10.4. The smallest absolute Gasteiger partial charge is 0.0798 e. The predicted molar refractivity (Wildman–Crippen MR) is 232 cm³/mol. The zero-order valence-corrected chi connectivity index (χ0v) is 36.8. The van der Waals surface area contributed by atoms with E-state index in [1.54, 1.807) is 0 Å². The molecule has 7 aromatic rings. The van der Waals surface area contributed by atoms with Crippen LogP contribution in [-0.4, -0.2) is 18.0 Å². The Balaban J connectivity index is 0.000000198. The van der Waals surface area contributed by atoms with Gasteiger partial charge in [-0.05, 0) is 74.1 Å². The zero-order chi connectivity index (χ0) is 37.0. The number of nitrogens with zero attached hydrogens (tertiary/aromatic N) is 2. The van der Waals surface area contributed by atoms with E-state index in [9.17, 15) is 0 Å². The number of hydrogen-bond acceptors (Lipinski definition) is 3. The van der Waals surface area contributed by atoms with Gasteiger partial charge in [-0.3, -0.25) is 0 Å². The van der Waals surface area contributed by atoms with E-state index in [4.69, 9.17) is 9.97 Å². The fourth-order valence-corrected chi connectivity index (χ4v) is 10.5. The van der Waals surface area contributed by atoms with Crippen molar-refractivity contribution in [3.63, 3.8) is 0 Å². The summed E-state index contributed by atoms with van der Waals surface area (Å²) in [5.41, 5.74) is 9.96. The van der Waals surface area contributed by atoms with E-state index in [0.29, 0.717) is 0 Å². The van der Waals surface area contributed by atoms with Gasteiger partial charge >= 0.3 is 0 Å². The molecule has 0 N–H and O–H groups in total. The summed E-state index contributed by atoms with van der Waals surface area (Å²) in [6.45, 7) is 14.1. The maximum Gasteiger partial charge on any atom is 0.0798 e. The van der Waals surface area contributed by atoms with Crippen LogP contribution in [0.15, 0.2) is 116 Å². The molecule has 0 spiro atoms. The van der Waals surface area contributed by atoms with Crippen molar-refractivity contribution < 1.29 is 20.1 Å². The number of rotatable bonds is 7. The van der Waals surface area contributed by atoms with Crippen LogP contribution in [0.5, 0.6) is 0 Å². The quantitative estimate of drug-likeness (QED) is 0.118. The Morgan fingerprint density at radius 1 is 0.759 bits per heavy atom. The van der Waals surface area contributed by atoms with Gasteiger partial charge in [0.2, 0.25) is 0 Å². The van der Waals surface area contributed by atoms with Crippen LogP contribution in [0, 0.1) is 23.5 Å². The largest absolute Gasteiger partial charge is 0.305 e. The summed E-state index contributed by atoms with van der Waals surface area (Å²) in [4.78, 5) is 9.44. The third-order valence-corrected chi connectivity index (χ3v) is 13.6. The van der Waals surface area contributed by atoms with Gasteiger partial charge < -0.3 is 9.97 Å². The van der Waals surface area contributed by atoms with Crippen LogP contribution in [0.4, 0.5) is 0 Å². The Morgan fingerprint density at radius 2 is 1.52 bits per heavy atom. The fourth-order valence-electron chi connectivity index (χ4n) is 7.84. The molecule has 3 aromatic heterocycles. The summed E-state index contributed by atoms with van der Waals surface area (Å²) >= 11 is 1.85. The number of fused-ring (bicyclic) bond motifs is 3. The number of hydrogen-bond donors (Lipinski definition) is 0. The maximum atomic E-state index is 4.73. The molecule has 279 valence electrons. The first-order valence-corrected chi connectivity index (χ1v) is 23.7. The van der Waals surface area contributed by atoms with Gasteiger partial charge in [-0.1, -0.05) is 144 Å². The zero-order valence-electron chi connectivity index (χ0n) is 32.6. The van der Waals surface area contributed by atoms with E-state index in [0.717, 1.165) is 34.9 Å². The van der Waals surface area contributed by atoms with E-state index < -0.39 is 8.07 Å². The third kappa shape index (κ3) is 9.73. The fraction of sp³-hybridized carbons (Fsp3) is 0.306. The van der Waals surface area contributed by atoms with E-state index in [1.807, 2.05) is 35.7 Å². The Morgan fingerprint density at radius 3 is 2.24 bits per heavy atom. The van der Waals surface area contributed by atoms with Gasteiger partial charge in [-0.15, -0.1) is 59.7 Å². The van der Waals surface area contributed by atoms with Crippen molar-refractivity contribution in [3.8, 4) is 33.6 Å². The molecule has 0 atom stereocenters. The summed E-state index contributed by atoms with van der Waals surface area (Å²) in [5, 5.41) is 4.13. The molecule has 3 heterocycles. The van der Waals surface area contributed by atoms with Crippen molar-refractivity contribution in [1.29, 1.82) is 0 Å². The summed E-state index contributed by atoms with van der Waals surface area (Å²) < 4.78 is 2.61. The molecule has 54 heavy (non-hydrogen) atoms. The van der Waals surface area contributed by atoms with Crippen LogP contribution in [0.1, 0.15) is 64.0 Å². The Labute approximate surface area is 341 Å². The first kappa shape index (κ1) is 39.9. The first-order chi connectivity index (χ1) is 25.5. The van der Waals surface area contributed by atoms with Gasteiger partial charge in [0.05, 0.1) is 8.07 Å². The molecule has 1 aliphatic rings. The molecular formula is C49H52IrN2SSi-2. The number of benzene rings is 4. The molecular weight excluding hydrogens is 869 g/mol. The summed E-state index contributed by atoms with van der Waals surface area (Å²) in [6, 6.07) is 43.4. The van der Waals surface area contributed by atoms with E-state index in [-0.39, 0.29) is 25.5 Å². The molecule has 4 aromatic carbocycles. The van der Waals surface area contributed by atoms with Gasteiger partial charge in [0.1, 0.15) is 0 Å². The van der Waals surface area contributed by atoms with Gasteiger partial charge in [0, 0.05) is 37.2 Å². The molecule has 1 fully saturated rings. The number of pyridine rings is 2. The van der Waals surface area contributed by atoms with Gasteiger partial charge in [0.25, 0.3) is 0 Å². The second-order valence-corrected chi connectivity index (χ2v) is 23.1. The number of aromatic nitrogens is 2. The standard InChI is InChI=1S/C30H26NS.C19H26NSi.Ir/c1-3-8-21(9-4-1)18-22-16-17-31-27(19-22)24-14-15-28-26(20-24)30-25(12-7-13-29(30)32-28)23-10-5-2-6-11-23;1-19(2,3)13-16-12-17(15-10-8-7-9-11-15)20-14-18(16)21(4,5)6;/h2,5-7,10-13,15-17,19-21H,1,3-4,8-9,18H2;7-10,12,14H,13H2,1-6H3;/q2*-1;. The average Bonchev–Trinajstić information content (AvgIpc) is 3.54. The minimum Gasteiger partial charge on any atom is -0.305 e. The SMILES string of the molecule is CC(C)(C)Cc1cc(-c2[c-]cccc2)ncc1[Si](C)(C)C.[Ir].[c-]1cc2sc3cccc(-c4ccccc4)c3c2cc1-c1cc(CC2CCCCC2)ccn1. The topological polar surface area (TPSA) is 25.8 Å². The molecule has 1 aliphatic carbocycles. The van der Waals surface area contributed by atoms with Crippen molar-refractivity contribution in [2.45, 2.75) is 85.4 Å². The normalized spacial score (nSPS) is 13.7. The van der Waals surface area contributed by atoms with Crippen LogP contribution < -0.4 is 5.19 Å². The Kier molecular flexibility index (Phi) is 12.9. The van der Waals surface area contributed by atoms with Crippen molar-refractivity contribution in [1.82, 2.24) is 9.97 Å². The minimum atomic E-state index is -1.37. The van der Waals surface area contributed by atoms with Crippen LogP contribution in [-0.2, 0) is 32.9 Å². The maximum absolute atomic E-state index is 4.73. The van der Waals surface area contributed by atoms with Crippen LogP contribution in [0.3, 0.4) is 0 Å². The molecule has 1 radical (unpaired) electrons. The monoisotopic (exact) mass is 921 g/mol. The molecule has 0 amide bonds. The molecule has 8 rings (SSSR count). The molecule has 0 bridgehead atoms.